The second kappa shape index (κ2) is 5.15. The lowest BCUT2D eigenvalue weighted by atomic mass is 10.0. The van der Waals surface area contributed by atoms with Crippen LogP contribution in [0.25, 0.3) is 0 Å². The van der Waals surface area contributed by atoms with E-state index in [0.29, 0.717) is 11.3 Å². The van der Waals surface area contributed by atoms with Crippen LogP contribution in [0.3, 0.4) is 0 Å². The van der Waals surface area contributed by atoms with E-state index >= 15 is 0 Å². The van der Waals surface area contributed by atoms with E-state index in [2.05, 4.69) is 17.3 Å². The molecule has 2 rings (SSSR count). The number of thiocarbonyl (C=S) groups is 1. The number of hydrogen-bond acceptors (Lipinski definition) is 4. The smallest absolute Gasteiger partial charge is 0.438 e. The van der Waals surface area contributed by atoms with Crippen LogP contribution in [0.1, 0.15) is 12.0 Å². The lowest BCUT2D eigenvalue weighted by Crippen LogP contribution is -2.57. The number of ether oxygens (including phenoxy) is 1. The van der Waals surface area contributed by atoms with E-state index in [-0.39, 0.29) is 10.7 Å². The summed E-state index contributed by atoms with van der Waals surface area (Å²) in [5.74, 6) is 0.551. The molecule has 0 radical (unpaired) electrons. The fourth-order valence-electron chi connectivity index (χ4n) is 1.94. The highest BCUT2D eigenvalue weighted by molar-refractivity contribution is 7.80. The van der Waals surface area contributed by atoms with Crippen molar-refractivity contribution in [1.29, 1.82) is 0 Å². The summed E-state index contributed by atoms with van der Waals surface area (Å²) in [5.41, 5.74) is 2.44. The van der Waals surface area contributed by atoms with Crippen LogP contribution in [-0.2, 0) is 0 Å². The average Bonchev–Trinajstić information content (AvgIpc) is 2.78. The Balaban J connectivity index is 2.38. The Labute approximate surface area is 123 Å². The summed E-state index contributed by atoms with van der Waals surface area (Å²) in [6, 6.07) is 6.23. The monoisotopic (exact) mass is 319 g/mol. The number of hydrogen-bond donors (Lipinski definition) is 2. The number of rotatable bonds is 2. The van der Waals surface area contributed by atoms with Gasteiger partial charge in [0.05, 0.1) is 19.2 Å². The van der Waals surface area contributed by atoms with Gasteiger partial charge < -0.3 is 15.6 Å². The second-order valence-corrected chi connectivity index (χ2v) is 4.83. The molecule has 1 aliphatic rings. The zero-order chi connectivity index (χ0) is 15.8. The maximum absolute atomic E-state index is 13.1. The minimum absolute atomic E-state index is 0.0327. The molecular formula is C12H12F3N3O2S. The Morgan fingerprint density at radius 1 is 1.43 bits per heavy atom. The Hall–Kier alpha value is -1.87. The van der Waals surface area contributed by atoms with Crippen LogP contribution in [0, 0.1) is 0 Å². The molecule has 1 aromatic carbocycles. The van der Waals surface area contributed by atoms with E-state index in [9.17, 15) is 18.3 Å². The molecule has 0 saturated heterocycles. The summed E-state index contributed by atoms with van der Waals surface area (Å²) in [4.78, 5) is 0. The molecule has 0 unspecified atom stereocenters. The van der Waals surface area contributed by atoms with E-state index in [0.717, 1.165) is 0 Å². The normalized spacial score (nSPS) is 22.1. The van der Waals surface area contributed by atoms with Gasteiger partial charge >= 0.3 is 6.18 Å². The summed E-state index contributed by atoms with van der Waals surface area (Å²) in [6.45, 7) is 0. The molecule has 0 bridgehead atoms. The van der Waals surface area contributed by atoms with E-state index < -0.39 is 23.4 Å². The van der Waals surface area contributed by atoms with Crippen LogP contribution in [0.5, 0.6) is 5.75 Å². The number of nitrogens with two attached hydrogens (primary N) is 1. The van der Waals surface area contributed by atoms with Crippen molar-refractivity contribution >= 4 is 23.0 Å². The van der Waals surface area contributed by atoms with Gasteiger partial charge in [0.15, 0.2) is 5.11 Å². The third-order valence-electron chi connectivity index (χ3n) is 3.07. The standard InChI is InChI=1S/C12H12F3N3O2S/c1-20-8-4-2-7(3-5-8)9-6-11(19,12(13,14)15)18(17-9)10(16)21/h2-5,19H,6H2,1H3,(H2,16,21)/t11-/m1/s1. The number of nitrogens with zero attached hydrogens (tertiary/aromatic N) is 2. The van der Waals surface area contributed by atoms with Gasteiger partial charge in [0.25, 0.3) is 5.72 Å². The predicted molar refractivity (Wildman–Crippen MR) is 73.8 cm³/mol. The number of alkyl halides is 3. The molecule has 0 aromatic heterocycles. The summed E-state index contributed by atoms with van der Waals surface area (Å²) in [7, 11) is 1.47. The van der Waals surface area contributed by atoms with Gasteiger partial charge in [0.2, 0.25) is 0 Å². The van der Waals surface area contributed by atoms with Crippen molar-refractivity contribution in [3.8, 4) is 5.75 Å². The van der Waals surface area contributed by atoms with Crippen molar-refractivity contribution in [3.05, 3.63) is 29.8 Å². The van der Waals surface area contributed by atoms with Crippen LogP contribution in [-0.4, -0.2) is 40.0 Å². The van der Waals surface area contributed by atoms with Crippen LogP contribution in [0.15, 0.2) is 29.4 Å². The average molecular weight is 319 g/mol. The molecule has 0 spiro atoms. The molecule has 3 N–H and O–H groups in total. The van der Waals surface area contributed by atoms with Crippen LogP contribution in [0.4, 0.5) is 13.2 Å². The Kier molecular flexibility index (Phi) is 3.81. The molecule has 0 amide bonds. The SMILES string of the molecule is COc1ccc(C2=NN(C(N)=S)[C@](O)(C(F)(F)F)C2)cc1. The minimum atomic E-state index is -4.95. The zero-order valence-corrected chi connectivity index (χ0v) is 11.7. The first-order valence-electron chi connectivity index (χ1n) is 5.80. The number of halogens is 3. The van der Waals surface area contributed by atoms with Crippen molar-refractivity contribution in [2.45, 2.75) is 18.3 Å². The highest BCUT2D eigenvalue weighted by Gasteiger charge is 2.62. The van der Waals surface area contributed by atoms with Crippen LogP contribution < -0.4 is 10.5 Å². The fraction of sp³-hybridized carbons (Fsp3) is 0.333. The quantitative estimate of drug-likeness (QED) is 0.810. The first-order chi connectivity index (χ1) is 9.69. The third kappa shape index (κ3) is 2.66. The van der Waals surface area contributed by atoms with Crippen molar-refractivity contribution in [2.24, 2.45) is 10.8 Å². The van der Waals surface area contributed by atoms with Crippen molar-refractivity contribution < 1.29 is 23.0 Å². The number of aliphatic hydroxyl groups is 1. The van der Waals surface area contributed by atoms with Gasteiger partial charge in [-0.1, -0.05) is 0 Å². The highest BCUT2D eigenvalue weighted by atomic mass is 32.1. The van der Waals surface area contributed by atoms with Gasteiger partial charge in [-0.05, 0) is 42.0 Å². The molecule has 1 aromatic rings. The minimum Gasteiger partial charge on any atom is -0.497 e. The van der Waals surface area contributed by atoms with Crippen LogP contribution in [0.2, 0.25) is 0 Å². The van der Waals surface area contributed by atoms with Crippen molar-refractivity contribution in [2.75, 3.05) is 7.11 Å². The molecule has 9 heteroatoms. The van der Waals surface area contributed by atoms with Gasteiger partial charge in [0.1, 0.15) is 5.75 Å². The molecule has 1 heterocycles. The molecule has 5 nitrogen and oxygen atoms in total. The summed E-state index contributed by atoms with van der Waals surface area (Å²) in [6.07, 6.45) is -5.71. The first-order valence-corrected chi connectivity index (χ1v) is 6.20. The predicted octanol–water partition coefficient (Wildman–Crippen LogP) is 1.60. The van der Waals surface area contributed by atoms with E-state index in [4.69, 9.17) is 10.5 Å². The number of hydrazone groups is 1. The van der Waals surface area contributed by atoms with E-state index in [1.54, 1.807) is 12.1 Å². The molecule has 114 valence electrons. The van der Waals surface area contributed by atoms with Crippen molar-refractivity contribution in [3.63, 3.8) is 0 Å². The summed E-state index contributed by atoms with van der Waals surface area (Å²) < 4.78 is 44.2. The summed E-state index contributed by atoms with van der Waals surface area (Å²) in [5, 5.41) is 13.2. The maximum atomic E-state index is 13.1. The van der Waals surface area contributed by atoms with Gasteiger partial charge in [-0.3, -0.25) is 0 Å². The Morgan fingerprint density at radius 3 is 2.38 bits per heavy atom. The fourth-order valence-corrected chi connectivity index (χ4v) is 2.13. The van der Waals surface area contributed by atoms with Gasteiger partial charge in [-0.15, -0.1) is 0 Å². The maximum Gasteiger partial charge on any atom is 0.438 e. The number of methoxy groups -OCH3 is 1. The van der Waals surface area contributed by atoms with Gasteiger partial charge in [-0.2, -0.15) is 23.3 Å². The topological polar surface area (TPSA) is 71.1 Å². The van der Waals surface area contributed by atoms with Crippen LogP contribution >= 0.6 is 12.2 Å². The van der Waals surface area contributed by atoms with Gasteiger partial charge in [-0.25, -0.2) is 0 Å². The molecule has 0 saturated carbocycles. The molecule has 0 fully saturated rings. The Morgan fingerprint density at radius 2 is 2.00 bits per heavy atom. The van der Waals surface area contributed by atoms with Crippen molar-refractivity contribution in [1.82, 2.24) is 5.01 Å². The molecular weight excluding hydrogens is 307 g/mol. The largest absolute Gasteiger partial charge is 0.497 e. The molecule has 1 aliphatic heterocycles. The van der Waals surface area contributed by atoms with Gasteiger partial charge in [0, 0.05) is 0 Å². The highest BCUT2D eigenvalue weighted by Crippen LogP contribution is 2.41. The second-order valence-electron chi connectivity index (χ2n) is 4.42. The summed E-state index contributed by atoms with van der Waals surface area (Å²) >= 11 is 4.53. The lowest BCUT2D eigenvalue weighted by molar-refractivity contribution is -0.294. The first kappa shape index (κ1) is 15.5. The lowest BCUT2D eigenvalue weighted by Gasteiger charge is -2.32. The number of benzene rings is 1. The van der Waals surface area contributed by atoms with E-state index in [1.807, 2.05) is 0 Å². The zero-order valence-electron chi connectivity index (χ0n) is 10.9. The third-order valence-corrected chi connectivity index (χ3v) is 3.24. The molecule has 1 atom stereocenters. The molecule has 21 heavy (non-hydrogen) atoms. The van der Waals surface area contributed by atoms with E-state index in [1.165, 1.54) is 19.2 Å². The molecule has 0 aliphatic carbocycles. The Bertz CT molecular complexity index is 588.